The Bertz CT molecular complexity index is 340. The summed E-state index contributed by atoms with van der Waals surface area (Å²) in [5.74, 6) is 0.0441. The molecule has 1 aromatic heterocycles. The molecule has 17 heavy (non-hydrogen) atoms. The molecule has 4 nitrogen and oxygen atoms in total. The molecule has 0 bridgehead atoms. The zero-order valence-electron chi connectivity index (χ0n) is 10.7. The van der Waals surface area contributed by atoms with Crippen LogP contribution in [0, 0.1) is 0 Å². The molecule has 94 valence electrons. The van der Waals surface area contributed by atoms with Crippen molar-refractivity contribution in [3.8, 4) is 0 Å². The average molecular weight is 235 g/mol. The summed E-state index contributed by atoms with van der Waals surface area (Å²) in [5.41, 5.74) is 1.09. The first-order chi connectivity index (χ1) is 8.15. The predicted molar refractivity (Wildman–Crippen MR) is 68.6 cm³/mol. The summed E-state index contributed by atoms with van der Waals surface area (Å²) in [4.78, 5) is 15.7. The molecule has 0 saturated carbocycles. The lowest BCUT2D eigenvalue weighted by atomic mass is 10.1. The van der Waals surface area contributed by atoms with Crippen molar-refractivity contribution in [3.05, 3.63) is 30.1 Å². The topological polar surface area (TPSA) is 54.0 Å². The number of hydrogen-bond donors (Lipinski definition) is 2. The summed E-state index contributed by atoms with van der Waals surface area (Å²) in [7, 11) is 0. The molecule has 1 amide bonds. The third-order valence-electron chi connectivity index (χ3n) is 2.63. The molecule has 0 aliphatic carbocycles. The van der Waals surface area contributed by atoms with E-state index in [9.17, 15) is 4.79 Å². The Morgan fingerprint density at radius 1 is 1.47 bits per heavy atom. The van der Waals surface area contributed by atoms with Crippen molar-refractivity contribution in [3.63, 3.8) is 0 Å². The van der Waals surface area contributed by atoms with Crippen molar-refractivity contribution >= 4 is 5.91 Å². The van der Waals surface area contributed by atoms with Gasteiger partial charge in [0.25, 0.3) is 0 Å². The molecule has 0 aliphatic heterocycles. The fourth-order valence-corrected chi connectivity index (χ4v) is 1.58. The predicted octanol–water partition coefficient (Wildman–Crippen LogP) is 1.65. The van der Waals surface area contributed by atoms with E-state index in [0.717, 1.165) is 18.5 Å². The van der Waals surface area contributed by atoms with Gasteiger partial charge >= 0.3 is 0 Å². The van der Waals surface area contributed by atoms with Crippen molar-refractivity contribution < 1.29 is 4.79 Å². The van der Waals surface area contributed by atoms with Gasteiger partial charge in [0, 0.05) is 25.0 Å². The van der Waals surface area contributed by atoms with Gasteiger partial charge in [-0.3, -0.25) is 15.1 Å². The Balaban J connectivity index is 2.45. The van der Waals surface area contributed by atoms with E-state index in [4.69, 9.17) is 0 Å². The summed E-state index contributed by atoms with van der Waals surface area (Å²) < 4.78 is 0. The Labute approximate surface area is 103 Å². The van der Waals surface area contributed by atoms with Gasteiger partial charge in [0.1, 0.15) is 0 Å². The number of pyridine rings is 1. The zero-order chi connectivity index (χ0) is 12.7. The smallest absolute Gasteiger partial charge is 0.236 e. The van der Waals surface area contributed by atoms with E-state index in [1.807, 2.05) is 39.1 Å². The van der Waals surface area contributed by atoms with E-state index in [2.05, 4.69) is 15.6 Å². The standard InChI is InChI=1S/C13H21N3O/c1-4-7-15-13(17)11(3)16-10(2)12-6-5-8-14-9-12/h5-6,8-11,16H,4,7H2,1-3H3,(H,15,17)/t10-,11?/m0/s1. The molecule has 1 aromatic rings. The maximum absolute atomic E-state index is 11.7. The van der Waals surface area contributed by atoms with Crippen LogP contribution in [0.15, 0.2) is 24.5 Å². The summed E-state index contributed by atoms with van der Waals surface area (Å²) in [6.45, 7) is 6.67. The van der Waals surface area contributed by atoms with Crippen LogP contribution in [-0.2, 0) is 4.79 Å². The second-order valence-electron chi connectivity index (χ2n) is 4.19. The Morgan fingerprint density at radius 2 is 2.24 bits per heavy atom. The van der Waals surface area contributed by atoms with Crippen molar-refractivity contribution in [2.24, 2.45) is 0 Å². The second-order valence-corrected chi connectivity index (χ2v) is 4.19. The molecule has 0 spiro atoms. The minimum absolute atomic E-state index is 0.0441. The molecule has 0 saturated heterocycles. The van der Waals surface area contributed by atoms with Gasteiger partial charge in [0.2, 0.25) is 5.91 Å². The van der Waals surface area contributed by atoms with Gasteiger partial charge in [-0.25, -0.2) is 0 Å². The van der Waals surface area contributed by atoms with Crippen molar-refractivity contribution in [2.75, 3.05) is 6.54 Å². The highest BCUT2D eigenvalue weighted by Gasteiger charge is 2.15. The van der Waals surface area contributed by atoms with Crippen LogP contribution in [0.5, 0.6) is 0 Å². The first-order valence-corrected chi connectivity index (χ1v) is 6.08. The van der Waals surface area contributed by atoms with Crippen LogP contribution in [0.3, 0.4) is 0 Å². The van der Waals surface area contributed by atoms with Crippen LogP contribution in [-0.4, -0.2) is 23.5 Å². The fourth-order valence-electron chi connectivity index (χ4n) is 1.58. The molecular formula is C13H21N3O. The third kappa shape index (κ3) is 4.53. The zero-order valence-corrected chi connectivity index (χ0v) is 10.7. The summed E-state index contributed by atoms with van der Waals surface area (Å²) in [5, 5.41) is 6.12. The molecule has 4 heteroatoms. The number of amides is 1. The second kappa shape index (κ2) is 7.01. The van der Waals surface area contributed by atoms with Gasteiger partial charge in [0.15, 0.2) is 0 Å². The number of nitrogens with zero attached hydrogens (tertiary/aromatic N) is 1. The minimum Gasteiger partial charge on any atom is -0.355 e. The largest absolute Gasteiger partial charge is 0.355 e. The van der Waals surface area contributed by atoms with Crippen molar-refractivity contribution in [1.29, 1.82) is 0 Å². The molecule has 0 aliphatic rings. The number of carbonyl (C=O) groups is 1. The number of hydrogen-bond acceptors (Lipinski definition) is 3. The van der Waals surface area contributed by atoms with Gasteiger partial charge in [-0.2, -0.15) is 0 Å². The first kappa shape index (κ1) is 13.6. The van der Waals surface area contributed by atoms with E-state index >= 15 is 0 Å². The van der Waals surface area contributed by atoms with Gasteiger partial charge < -0.3 is 5.32 Å². The van der Waals surface area contributed by atoms with Crippen LogP contribution in [0.1, 0.15) is 38.8 Å². The van der Waals surface area contributed by atoms with Gasteiger partial charge in [-0.1, -0.05) is 13.0 Å². The number of rotatable bonds is 6. The monoisotopic (exact) mass is 235 g/mol. The molecule has 1 unspecified atom stereocenters. The number of carbonyl (C=O) groups excluding carboxylic acids is 1. The number of nitrogens with one attached hydrogen (secondary N) is 2. The molecule has 1 heterocycles. The highest BCUT2D eigenvalue weighted by molar-refractivity contribution is 5.81. The third-order valence-corrected chi connectivity index (χ3v) is 2.63. The van der Waals surface area contributed by atoms with E-state index < -0.39 is 0 Å². The van der Waals surface area contributed by atoms with Crippen LogP contribution in [0.25, 0.3) is 0 Å². The average Bonchev–Trinajstić information content (AvgIpc) is 2.36. The Hall–Kier alpha value is -1.42. The lowest BCUT2D eigenvalue weighted by molar-refractivity contribution is -0.122. The van der Waals surface area contributed by atoms with E-state index in [-0.39, 0.29) is 18.0 Å². The van der Waals surface area contributed by atoms with Gasteiger partial charge in [-0.05, 0) is 31.9 Å². The van der Waals surface area contributed by atoms with E-state index in [1.54, 1.807) is 6.20 Å². The lowest BCUT2D eigenvalue weighted by Crippen LogP contribution is -2.43. The highest BCUT2D eigenvalue weighted by Crippen LogP contribution is 2.10. The Kier molecular flexibility index (Phi) is 5.63. The SMILES string of the molecule is CCCNC(=O)C(C)N[C@@H](C)c1cccnc1. The van der Waals surface area contributed by atoms with Gasteiger partial charge in [0.05, 0.1) is 6.04 Å². The first-order valence-electron chi connectivity index (χ1n) is 6.08. The quantitative estimate of drug-likeness (QED) is 0.788. The van der Waals surface area contributed by atoms with Crippen molar-refractivity contribution in [2.45, 2.75) is 39.3 Å². The van der Waals surface area contributed by atoms with Crippen LogP contribution < -0.4 is 10.6 Å². The highest BCUT2D eigenvalue weighted by atomic mass is 16.2. The molecule has 2 atom stereocenters. The molecule has 2 N–H and O–H groups in total. The molecule has 0 aromatic carbocycles. The molecule has 0 fully saturated rings. The van der Waals surface area contributed by atoms with E-state index in [0.29, 0.717) is 0 Å². The Morgan fingerprint density at radius 3 is 2.82 bits per heavy atom. The van der Waals surface area contributed by atoms with Crippen molar-refractivity contribution in [1.82, 2.24) is 15.6 Å². The summed E-state index contributed by atoms with van der Waals surface area (Å²) in [6, 6.07) is 3.82. The maximum atomic E-state index is 11.7. The van der Waals surface area contributed by atoms with E-state index in [1.165, 1.54) is 0 Å². The molecule has 1 rings (SSSR count). The summed E-state index contributed by atoms with van der Waals surface area (Å²) in [6.07, 6.45) is 4.51. The normalized spacial score (nSPS) is 14.1. The number of aromatic nitrogens is 1. The minimum atomic E-state index is -0.197. The molecular weight excluding hydrogens is 214 g/mol. The lowest BCUT2D eigenvalue weighted by Gasteiger charge is -2.19. The van der Waals surface area contributed by atoms with Gasteiger partial charge in [-0.15, -0.1) is 0 Å². The summed E-state index contributed by atoms with van der Waals surface area (Å²) >= 11 is 0. The molecule has 0 radical (unpaired) electrons. The fraction of sp³-hybridized carbons (Fsp3) is 0.538. The maximum Gasteiger partial charge on any atom is 0.236 e. The van der Waals surface area contributed by atoms with Crippen LogP contribution in [0.4, 0.5) is 0 Å². The van der Waals surface area contributed by atoms with Crippen LogP contribution in [0.2, 0.25) is 0 Å². The van der Waals surface area contributed by atoms with Crippen LogP contribution >= 0.6 is 0 Å².